The van der Waals surface area contributed by atoms with Gasteiger partial charge in [0, 0.05) is 39.8 Å². The Bertz CT molecular complexity index is 956. The second-order valence-corrected chi connectivity index (χ2v) is 10.00. The number of piperidine rings is 1. The molecule has 0 saturated carbocycles. The fourth-order valence-corrected chi connectivity index (χ4v) is 4.52. The summed E-state index contributed by atoms with van der Waals surface area (Å²) in [4.78, 5) is 15.2. The molecule has 0 unspecified atom stereocenters. The lowest BCUT2D eigenvalue weighted by Crippen LogP contribution is -2.44. The number of halogens is 1. The highest BCUT2D eigenvalue weighted by Gasteiger charge is 2.24. The normalized spacial score (nSPS) is 16.1. The third-order valence-electron chi connectivity index (χ3n) is 5.13. The maximum absolute atomic E-state index is 12.7. The lowest BCUT2D eigenvalue weighted by atomic mass is 10.0. The Labute approximate surface area is 177 Å². The number of amides is 1. The van der Waals surface area contributed by atoms with Gasteiger partial charge in [-0.3, -0.25) is 9.69 Å². The second-order valence-electron chi connectivity index (χ2n) is 7.44. The molecule has 0 atom stereocenters. The summed E-state index contributed by atoms with van der Waals surface area (Å²) in [5.74, 6) is -0.340. The van der Waals surface area contributed by atoms with E-state index in [1.165, 1.54) is 37.9 Å². The number of nitrogens with one attached hydrogen (secondary N) is 1. The van der Waals surface area contributed by atoms with Gasteiger partial charge in [0.05, 0.1) is 15.5 Å². The minimum absolute atomic E-state index is 0.0414. The van der Waals surface area contributed by atoms with Crippen LogP contribution in [0.5, 0.6) is 0 Å². The largest absolute Gasteiger partial charge is 0.349 e. The molecule has 0 spiro atoms. The Morgan fingerprint density at radius 1 is 1.14 bits per heavy atom. The molecule has 1 N–H and O–H groups in total. The van der Waals surface area contributed by atoms with Crippen molar-refractivity contribution in [1.29, 1.82) is 0 Å². The number of rotatable bonds is 6. The number of carbonyl (C=O) groups is 1. The van der Waals surface area contributed by atoms with E-state index in [0.717, 1.165) is 36.8 Å². The van der Waals surface area contributed by atoms with E-state index in [4.69, 9.17) is 11.6 Å². The Balaban J connectivity index is 1.61. The van der Waals surface area contributed by atoms with E-state index in [1.807, 2.05) is 18.2 Å². The van der Waals surface area contributed by atoms with Crippen molar-refractivity contribution in [1.82, 2.24) is 14.5 Å². The number of likely N-dealkylation sites (tertiary alicyclic amines) is 1. The van der Waals surface area contributed by atoms with Crippen LogP contribution in [0, 0.1) is 0 Å². The molecule has 1 heterocycles. The lowest BCUT2D eigenvalue weighted by molar-refractivity contribution is 0.0909. The molecule has 1 aliphatic rings. The molecular formula is C21H26ClN3O3S. The van der Waals surface area contributed by atoms with Crippen molar-refractivity contribution in [3.05, 3.63) is 64.7 Å². The predicted octanol–water partition coefficient (Wildman–Crippen LogP) is 2.98. The number of hydrogen-bond acceptors (Lipinski definition) is 4. The molecule has 2 aromatic carbocycles. The first-order valence-electron chi connectivity index (χ1n) is 9.56. The molecule has 0 radical (unpaired) electrons. The van der Waals surface area contributed by atoms with Gasteiger partial charge < -0.3 is 5.32 Å². The Kier molecular flexibility index (Phi) is 6.95. The molecule has 0 aromatic heterocycles. The SMILES string of the molecule is CN(C)S(=O)(=O)c1ccc(Cl)c(C(=O)NC2CCN(Cc3ccccc3)CC2)c1. The van der Waals surface area contributed by atoms with Crippen molar-refractivity contribution >= 4 is 27.5 Å². The zero-order valence-electron chi connectivity index (χ0n) is 16.6. The lowest BCUT2D eigenvalue weighted by Gasteiger charge is -2.32. The number of carbonyl (C=O) groups excluding carboxylic acids is 1. The summed E-state index contributed by atoms with van der Waals surface area (Å²) in [6, 6.07) is 14.6. The molecule has 2 aromatic rings. The predicted molar refractivity (Wildman–Crippen MR) is 115 cm³/mol. The summed E-state index contributed by atoms with van der Waals surface area (Å²) < 4.78 is 25.8. The highest BCUT2D eigenvalue weighted by molar-refractivity contribution is 7.89. The van der Waals surface area contributed by atoms with Crippen LogP contribution >= 0.6 is 11.6 Å². The average molecular weight is 436 g/mol. The van der Waals surface area contributed by atoms with Crippen LogP contribution in [0.2, 0.25) is 5.02 Å². The third-order valence-corrected chi connectivity index (χ3v) is 7.27. The van der Waals surface area contributed by atoms with Gasteiger partial charge in [-0.2, -0.15) is 0 Å². The fraction of sp³-hybridized carbons (Fsp3) is 0.381. The average Bonchev–Trinajstić information content (AvgIpc) is 2.70. The van der Waals surface area contributed by atoms with E-state index in [-0.39, 0.29) is 27.4 Å². The van der Waals surface area contributed by atoms with Crippen LogP contribution in [-0.4, -0.2) is 56.8 Å². The summed E-state index contributed by atoms with van der Waals surface area (Å²) in [6.45, 7) is 2.68. The topological polar surface area (TPSA) is 69.7 Å². The van der Waals surface area contributed by atoms with Crippen LogP contribution in [0.4, 0.5) is 0 Å². The number of sulfonamides is 1. The molecule has 6 nitrogen and oxygen atoms in total. The zero-order chi connectivity index (χ0) is 21.0. The second kappa shape index (κ2) is 9.26. The van der Waals surface area contributed by atoms with Gasteiger partial charge in [0.1, 0.15) is 0 Å². The van der Waals surface area contributed by atoms with E-state index in [9.17, 15) is 13.2 Å². The molecule has 1 amide bonds. The molecule has 29 heavy (non-hydrogen) atoms. The molecule has 0 bridgehead atoms. The summed E-state index contributed by atoms with van der Waals surface area (Å²) in [6.07, 6.45) is 1.68. The van der Waals surface area contributed by atoms with E-state index < -0.39 is 10.0 Å². The summed E-state index contributed by atoms with van der Waals surface area (Å²) in [5, 5.41) is 3.25. The molecular weight excluding hydrogens is 410 g/mol. The Morgan fingerprint density at radius 3 is 2.41 bits per heavy atom. The third kappa shape index (κ3) is 5.36. The standard InChI is InChI=1S/C21H26ClN3O3S/c1-24(2)29(27,28)18-8-9-20(22)19(14-18)21(26)23-17-10-12-25(13-11-17)15-16-6-4-3-5-7-16/h3-9,14,17H,10-13,15H2,1-2H3,(H,23,26). The van der Waals surface area contributed by atoms with E-state index in [1.54, 1.807) is 0 Å². The molecule has 156 valence electrons. The van der Waals surface area contributed by atoms with Crippen LogP contribution in [0.3, 0.4) is 0 Å². The number of benzene rings is 2. The van der Waals surface area contributed by atoms with Gasteiger partial charge in [0.25, 0.3) is 5.91 Å². The number of hydrogen-bond donors (Lipinski definition) is 1. The van der Waals surface area contributed by atoms with Crippen LogP contribution in [0.15, 0.2) is 53.4 Å². The highest BCUT2D eigenvalue weighted by Crippen LogP contribution is 2.23. The Hall–Kier alpha value is -1.93. The molecule has 3 rings (SSSR count). The Morgan fingerprint density at radius 2 is 1.79 bits per heavy atom. The fourth-order valence-electron chi connectivity index (χ4n) is 3.39. The smallest absolute Gasteiger partial charge is 0.253 e. The van der Waals surface area contributed by atoms with Gasteiger partial charge in [0.2, 0.25) is 10.0 Å². The molecule has 8 heteroatoms. The highest BCUT2D eigenvalue weighted by atomic mass is 35.5. The van der Waals surface area contributed by atoms with Crippen molar-refractivity contribution in [3.63, 3.8) is 0 Å². The molecule has 1 aliphatic heterocycles. The molecule has 1 fully saturated rings. The zero-order valence-corrected chi connectivity index (χ0v) is 18.2. The van der Waals surface area contributed by atoms with Gasteiger partial charge in [-0.15, -0.1) is 0 Å². The number of nitrogens with zero attached hydrogens (tertiary/aromatic N) is 2. The van der Waals surface area contributed by atoms with Crippen molar-refractivity contribution < 1.29 is 13.2 Å². The maximum atomic E-state index is 12.7. The van der Waals surface area contributed by atoms with Crippen molar-refractivity contribution in [3.8, 4) is 0 Å². The van der Waals surface area contributed by atoms with Crippen molar-refractivity contribution in [2.75, 3.05) is 27.2 Å². The quantitative estimate of drug-likeness (QED) is 0.757. The van der Waals surface area contributed by atoms with Gasteiger partial charge in [-0.25, -0.2) is 12.7 Å². The van der Waals surface area contributed by atoms with E-state index in [0.29, 0.717) is 0 Å². The van der Waals surface area contributed by atoms with Gasteiger partial charge in [-0.05, 0) is 36.6 Å². The first kappa shape index (κ1) is 21.8. The molecule has 1 saturated heterocycles. The van der Waals surface area contributed by atoms with Gasteiger partial charge >= 0.3 is 0 Å². The first-order valence-corrected chi connectivity index (χ1v) is 11.4. The van der Waals surface area contributed by atoms with Crippen molar-refractivity contribution in [2.24, 2.45) is 0 Å². The van der Waals surface area contributed by atoms with E-state index in [2.05, 4.69) is 22.3 Å². The van der Waals surface area contributed by atoms with Crippen LogP contribution in [-0.2, 0) is 16.6 Å². The molecule has 0 aliphatic carbocycles. The maximum Gasteiger partial charge on any atom is 0.253 e. The first-order chi connectivity index (χ1) is 13.8. The van der Waals surface area contributed by atoms with Crippen LogP contribution in [0.1, 0.15) is 28.8 Å². The van der Waals surface area contributed by atoms with Crippen molar-refractivity contribution in [2.45, 2.75) is 30.3 Å². The van der Waals surface area contributed by atoms with Gasteiger partial charge in [-0.1, -0.05) is 41.9 Å². The van der Waals surface area contributed by atoms with Gasteiger partial charge in [0.15, 0.2) is 0 Å². The summed E-state index contributed by atoms with van der Waals surface area (Å²) in [5.41, 5.74) is 1.46. The minimum atomic E-state index is -3.63. The summed E-state index contributed by atoms with van der Waals surface area (Å²) >= 11 is 6.17. The summed E-state index contributed by atoms with van der Waals surface area (Å²) in [7, 11) is -0.729. The minimum Gasteiger partial charge on any atom is -0.349 e. The van der Waals surface area contributed by atoms with Crippen LogP contribution < -0.4 is 5.32 Å². The van der Waals surface area contributed by atoms with Crippen LogP contribution in [0.25, 0.3) is 0 Å². The monoisotopic (exact) mass is 435 g/mol. The van der Waals surface area contributed by atoms with E-state index >= 15 is 0 Å².